The molecule has 0 N–H and O–H groups in total. The Hall–Kier alpha value is -4.06. The van der Waals surface area contributed by atoms with Crippen LogP contribution in [0.1, 0.15) is 39.8 Å². The number of carbonyl (C=O) groups excluding carboxylic acids is 2. The fraction of sp³-hybridized carbons (Fsp3) is 0.267. The minimum atomic E-state index is -0.194. The highest BCUT2D eigenvalue weighted by molar-refractivity contribution is 6.02. The van der Waals surface area contributed by atoms with Gasteiger partial charge in [0.05, 0.1) is 16.9 Å². The van der Waals surface area contributed by atoms with E-state index in [0.717, 1.165) is 34.4 Å². The predicted octanol–water partition coefficient (Wildman–Crippen LogP) is 4.84. The van der Waals surface area contributed by atoms with Crippen LogP contribution in [0.4, 0.5) is 5.69 Å². The number of amides is 2. The van der Waals surface area contributed by atoms with Gasteiger partial charge in [0.25, 0.3) is 5.91 Å². The molecule has 6 rings (SSSR count). The number of rotatable bonds is 5. The van der Waals surface area contributed by atoms with Crippen LogP contribution in [-0.4, -0.2) is 46.8 Å². The summed E-state index contributed by atoms with van der Waals surface area (Å²) in [6, 6.07) is 26.3. The predicted molar refractivity (Wildman–Crippen MR) is 142 cm³/mol. The highest BCUT2D eigenvalue weighted by Gasteiger charge is 2.42. The number of fused-ring (bicyclic) bond motifs is 6. The molecular formula is C30H30N4O2. The normalized spacial score (nSPS) is 16.5. The maximum absolute atomic E-state index is 13.5. The molecule has 1 unspecified atom stereocenters. The van der Waals surface area contributed by atoms with Crippen LogP contribution in [0.25, 0.3) is 10.9 Å². The lowest BCUT2D eigenvalue weighted by Gasteiger charge is -2.46. The molecule has 3 aromatic carbocycles. The Kier molecular flexibility index (Phi) is 5.52. The SMILES string of the molecule is CN(Cc1ccccc1)C(=O)CCn1c2c(c3ccccc31)CCN1C(=O)c3ccccc3N(C)C21. The summed E-state index contributed by atoms with van der Waals surface area (Å²) >= 11 is 0. The van der Waals surface area contributed by atoms with Crippen molar-refractivity contribution in [3.05, 3.63) is 101 Å². The number of aromatic nitrogens is 1. The third-order valence-corrected chi connectivity index (χ3v) is 7.64. The maximum atomic E-state index is 13.5. The summed E-state index contributed by atoms with van der Waals surface area (Å²) in [6.45, 7) is 1.85. The third kappa shape index (κ3) is 3.56. The van der Waals surface area contributed by atoms with Gasteiger partial charge in [-0.1, -0.05) is 60.7 Å². The van der Waals surface area contributed by atoms with Gasteiger partial charge >= 0.3 is 0 Å². The Bertz CT molecular complexity index is 1460. The first kappa shape index (κ1) is 22.4. The van der Waals surface area contributed by atoms with E-state index in [0.29, 0.717) is 26.1 Å². The first-order valence-electron chi connectivity index (χ1n) is 12.6. The van der Waals surface area contributed by atoms with E-state index >= 15 is 0 Å². The standard InChI is InChI=1S/C30H30N4O2/c1-31(20-21-10-4-3-5-11-21)27(35)17-19-33-26-15-9-6-12-22(26)23-16-18-34-29(28(23)33)32(2)25-14-8-7-13-24(25)30(34)36/h3-15,29H,16-20H2,1-2H3. The molecule has 0 saturated heterocycles. The van der Waals surface area contributed by atoms with Crippen molar-refractivity contribution >= 4 is 28.4 Å². The van der Waals surface area contributed by atoms with Crippen molar-refractivity contribution in [1.82, 2.24) is 14.4 Å². The molecular weight excluding hydrogens is 448 g/mol. The van der Waals surface area contributed by atoms with E-state index in [-0.39, 0.29) is 18.0 Å². The van der Waals surface area contributed by atoms with Crippen LogP contribution in [0.3, 0.4) is 0 Å². The molecule has 2 aliphatic heterocycles. The van der Waals surface area contributed by atoms with Crippen molar-refractivity contribution in [2.75, 3.05) is 25.5 Å². The van der Waals surface area contributed by atoms with Crippen LogP contribution in [0.15, 0.2) is 78.9 Å². The highest BCUT2D eigenvalue weighted by atomic mass is 16.2. The monoisotopic (exact) mass is 478 g/mol. The van der Waals surface area contributed by atoms with E-state index in [4.69, 9.17) is 0 Å². The van der Waals surface area contributed by atoms with E-state index in [2.05, 4.69) is 40.8 Å². The second-order valence-electron chi connectivity index (χ2n) is 9.77. The molecule has 0 spiro atoms. The molecule has 3 heterocycles. The van der Waals surface area contributed by atoms with Crippen molar-refractivity contribution < 1.29 is 9.59 Å². The number of para-hydroxylation sites is 2. The topological polar surface area (TPSA) is 48.8 Å². The van der Waals surface area contributed by atoms with Crippen molar-refractivity contribution in [3.63, 3.8) is 0 Å². The Morgan fingerprint density at radius 3 is 2.53 bits per heavy atom. The van der Waals surface area contributed by atoms with Gasteiger partial charge in [-0.3, -0.25) is 9.59 Å². The lowest BCUT2D eigenvalue weighted by Crippen LogP contribution is -2.51. The lowest BCUT2D eigenvalue weighted by atomic mass is 9.96. The van der Waals surface area contributed by atoms with Crippen molar-refractivity contribution in [3.8, 4) is 0 Å². The molecule has 0 bridgehead atoms. The molecule has 182 valence electrons. The number of anilines is 1. The van der Waals surface area contributed by atoms with Gasteiger partial charge in [-0.2, -0.15) is 0 Å². The number of nitrogens with zero attached hydrogens (tertiary/aromatic N) is 4. The largest absolute Gasteiger partial charge is 0.349 e. The molecule has 2 aliphatic rings. The molecule has 6 nitrogen and oxygen atoms in total. The molecule has 2 amide bonds. The highest BCUT2D eigenvalue weighted by Crippen LogP contribution is 2.44. The van der Waals surface area contributed by atoms with Gasteiger partial charge in [0.15, 0.2) is 0 Å². The molecule has 0 fully saturated rings. The minimum absolute atomic E-state index is 0.0785. The summed E-state index contributed by atoms with van der Waals surface area (Å²) in [6.07, 6.45) is 1.01. The first-order valence-corrected chi connectivity index (χ1v) is 12.6. The third-order valence-electron chi connectivity index (χ3n) is 7.64. The summed E-state index contributed by atoms with van der Waals surface area (Å²) in [5.41, 5.74) is 6.37. The Morgan fingerprint density at radius 1 is 0.972 bits per heavy atom. The van der Waals surface area contributed by atoms with Crippen LogP contribution in [0.2, 0.25) is 0 Å². The van der Waals surface area contributed by atoms with Gasteiger partial charge in [0.2, 0.25) is 5.91 Å². The Morgan fingerprint density at radius 2 is 1.69 bits per heavy atom. The van der Waals surface area contributed by atoms with E-state index in [9.17, 15) is 9.59 Å². The first-order chi connectivity index (χ1) is 17.5. The Labute approximate surface area is 211 Å². The molecule has 0 saturated carbocycles. The van der Waals surface area contributed by atoms with Gasteiger partial charge in [-0.15, -0.1) is 0 Å². The second-order valence-corrected chi connectivity index (χ2v) is 9.77. The smallest absolute Gasteiger partial charge is 0.257 e. The van der Waals surface area contributed by atoms with Crippen LogP contribution in [0.5, 0.6) is 0 Å². The summed E-state index contributed by atoms with van der Waals surface area (Å²) in [5.74, 6) is 0.186. The molecule has 0 radical (unpaired) electrons. The summed E-state index contributed by atoms with van der Waals surface area (Å²) in [7, 11) is 3.93. The van der Waals surface area contributed by atoms with Gasteiger partial charge < -0.3 is 19.3 Å². The second kappa shape index (κ2) is 8.86. The molecule has 6 heteroatoms. The van der Waals surface area contributed by atoms with Crippen LogP contribution >= 0.6 is 0 Å². The number of carbonyl (C=O) groups is 2. The molecule has 1 atom stereocenters. The van der Waals surface area contributed by atoms with Crippen LogP contribution < -0.4 is 4.90 Å². The van der Waals surface area contributed by atoms with Gasteiger partial charge in [0, 0.05) is 51.1 Å². The van der Waals surface area contributed by atoms with E-state index in [1.165, 1.54) is 10.9 Å². The fourth-order valence-electron chi connectivity index (χ4n) is 5.89. The average molecular weight is 479 g/mol. The zero-order chi connectivity index (χ0) is 24.8. The van der Waals surface area contributed by atoms with Crippen LogP contribution in [0, 0.1) is 0 Å². The number of hydrogen-bond donors (Lipinski definition) is 0. The van der Waals surface area contributed by atoms with Crippen molar-refractivity contribution in [2.24, 2.45) is 0 Å². The summed E-state index contributed by atoms with van der Waals surface area (Å²) < 4.78 is 2.29. The van der Waals surface area contributed by atoms with Crippen LogP contribution in [-0.2, 0) is 24.3 Å². The lowest BCUT2D eigenvalue weighted by molar-refractivity contribution is -0.130. The summed E-state index contributed by atoms with van der Waals surface area (Å²) in [5, 5.41) is 1.22. The Balaban J connectivity index is 1.36. The van der Waals surface area contributed by atoms with Crippen molar-refractivity contribution in [1.29, 1.82) is 0 Å². The zero-order valence-corrected chi connectivity index (χ0v) is 20.7. The zero-order valence-electron chi connectivity index (χ0n) is 20.7. The molecule has 0 aliphatic carbocycles. The fourth-order valence-corrected chi connectivity index (χ4v) is 5.89. The number of aryl methyl sites for hydroxylation is 1. The molecule has 36 heavy (non-hydrogen) atoms. The van der Waals surface area contributed by atoms with E-state index < -0.39 is 0 Å². The van der Waals surface area contributed by atoms with Gasteiger partial charge in [0.1, 0.15) is 6.17 Å². The van der Waals surface area contributed by atoms with E-state index in [1.807, 2.05) is 66.5 Å². The molecule has 4 aromatic rings. The number of hydrogen-bond acceptors (Lipinski definition) is 3. The summed E-state index contributed by atoms with van der Waals surface area (Å²) in [4.78, 5) is 32.6. The minimum Gasteiger partial charge on any atom is -0.349 e. The van der Waals surface area contributed by atoms with Crippen molar-refractivity contribution in [2.45, 2.75) is 32.1 Å². The maximum Gasteiger partial charge on any atom is 0.257 e. The quantitative estimate of drug-likeness (QED) is 0.413. The van der Waals surface area contributed by atoms with Gasteiger partial charge in [-0.05, 0) is 35.7 Å². The van der Waals surface area contributed by atoms with Gasteiger partial charge in [-0.25, -0.2) is 0 Å². The molecule has 1 aromatic heterocycles. The number of benzene rings is 3. The average Bonchev–Trinajstić information content (AvgIpc) is 3.24. The van der Waals surface area contributed by atoms with E-state index in [1.54, 1.807) is 4.90 Å².